The summed E-state index contributed by atoms with van der Waals surface area (Å²) in [7, 11) is 0. The highest BCUT2D eigenvalue weighted by Gasteiger charge is 2.22. The molecule has 1 aliphatic rings. The summed E-state index contributed by atoms with van der Waals surface area (Å²) >= 11 is 0. The predicted octanol–water partition coefficient (Wildman–Crippen LogP) is 9.10. The Kier molecular flexibility index (Phi) is 4.13. The first-order valence-corrected chi connectivity index (χ1v) is 11.9. The number of hydrogen-bond acceptors (Lipinski definition) is 2. The van der Waals surface area contributed by atoms with Crippen LogP contribution in [0.2, 0.25) is 0 Å². The van der Waals surface area contributed by atoms with Gasteiger partial charge in [0.25, 0.3) is 0 Å². The molecule has 0 fully saturated rings. The summed E-state index contributed by atoms with van der Waals surface area (Å²) < 4.78 is 12.7. The van der Waals surface area contributed by atoms with Crippen LogP contribution in [0.1, 0.15) is 34.4 Å². The van der Waals surface area contributed by atoms with Crippen molar-refractivity contribution in [1.82, 2.24) is 0 Å². The second kappa shape index (κ2) is 7.23. The molecule has 2 heteroatoms. The Labute approximate surface area is 198 Å². The molecule has 34 heavy (non-hydrogen) atoms. The van der Waals surface area contributed by atoms with Crippen LogP contribution in [0, 0.1) is 13.8 Å². The summed E-state index contributed by atoms with van der Waals surface area (Å²) in [5, 5.41) is 3.53. The van der Waals surface area contributed by atoms with E-state index in [-0.39, 0.29) is 0 Å². The molecule has 6 aromatic rings. The highest BCUT2D eigenvalue weighted by atomic mass is 16.3. The standard InChI is InChI=1S/C32H24O2/c1-19-6-5-7-21(14-19)23-17-25(32-28(18-23)24-8-3-4-9-29(24)34-32)22-11-13-31-27(16-22)26-15-20(2)10-12-30(26)33-31/h3-10,12,14-18H,11,13H2,1-2H3. The molecular weight excluding hydrogens is 416 g/mol. The lowest BCUT2D eigenvalue weighted by Gasteiger charge is -2.15. The van der Waals surface area contributed by atoms with E-state index in [1.54, 1.807) is 0 Å². The Balaban J connectivity index is 1.52. The van der Waals surface area contributed by atoms with E-state index >= 15 is 0 Å². The van der Waals surface area contributed by atoms with Crippen molar-refractivity contribution in [2.45, 2.75) is 26.7 Å². The average Bonchev–Trinajstić information content (AvgIpc) is 3.41. The van der Waals surface area contributed by atoms with E-state index in [0.29, 0.717) is 0 Å². The lowest BCUT2D eigenvalue weighted by Crippen LogP contribution is -1.97. The molecule has 0 bridgehead atoms. The molecule has 0 N–H and O–H groups in total. The number of benzene rings is 4. The fourth-order valence-electron chi connectivity index (χ4n) is 5.39. The minimum atomic E-state index is 0.894. The minimum absolute atomic E-state index is 0.894. The van der Waals surface area contributed by atoms with Crippen molar-refractivity contribution in [1.29, 1.82) is 0 Å². The Hall–Kier alpha value is -4.04. The topological polar surface area (TPSA) is 26.3 Å². The van der Waals surface area contributed by atoms with Crippen LogP contribution in [-0.2, 0) is 6.42 Å². The van der Waals surface area contributed by atoms with Crippen molar-refractivity contribution in [3.05, 3.63) is 107 Å². The van der Waals surface area contributed by atoms with Gasteiger partial charge >= 0.3 is 0 Å². The lowest BCUT2D eigenvalue weighted by molar-refractivity contribution is 0.547. The molecule has 0 saturated heterocycles. The van der Waals surface area contributed by atoms with Gasteiger partial charge in [-0.2, -0.15) is 0 Å². The smallest absolute Gasteiger partial charge is 0.142 e. The lowest BCUT2D eigenvalue weighted by atomic mass is 9.88. The largest absolute Gasteiger partial charge is 0.460 e. The van der Waals surface area contributed by atoms with E-state index in [4.69, 9.17) is 8.83 Å². The molecule has 0 atom stereocenters. The number of rotatable bonds is 2. The van der Waals surface area contributed by atoms with Gasteiger partial charge in [-0.1, -0.05) is 59.7 Å². The summed E-state index contributed by atoms with van der Waals surface area (Å²) in [5.41, 5.74) is 11.5. The molecule has 0 spiro atoms. The summed E-state index contributed by atoms with van der Waals surface area (Å²) in [4.78, 5) is 0. The normalized spacial score (nSPS) is 13.5. The molecule has 0 amide bonds. The van der Waals surface area contributed by atoms with Crippen molar-refractivity contribution >= 4 is 44.6 Å². The van der Waals surface area contributed by atoms with E-state index < -0.39 is 0 Å². The third kappa shape index (κ3) is 2.95. The number of furan rings is 2. The van der Waals surface area contributed by atoms with Crippen molar-refractivity contribution in [2.75, 3.05) is 0 Å². The van der Waals surface area contributed by atoms with E-state index in [0.717, 1.165) is 40.7 Å². The van der Waals surface area contributed by atoms with E-state index in [1.165, 1.54) is 49.7 Å². The van der Waals surface area contributed by atoms with Gasteiger partial charge in [0.1, 0.15) is 22.5 Å². The second-order valence-corrected chi connectivity index (χ2v) is 9.48. The van der Waals surface area contributed by atoms with E-state index in [2.05, 4.69) is 92.7 Å². The second-order valence-electron chi connectivity index (χ2n) is 9.48. The van der Waals surface area contributed by atoms with Gasteiger partial charge in [-0.25, -0.2) is 0 Å². The maximum Gasteiger partial charge on any atom is 0.142 e. The SMILES string of the molecule is Cc1cccc(-c2cc(C3=Cc4c(oc5ccc(C)cc45)CC3)c3oc4ccccc4c3c2)c1. The van der Waals surface area contributed by atoms with Crippen LogP contribution in [0.3, 0.4) is 0 Å². The molecular formula is C32H24O2. The molecule has 164 valence electrons. The molecule has 0 aliphatic heterocycles. The Morgan fingerprint density at radius 2 is 1.47 bits per heavy atom. The van der Waals surface area contributed by atoms with Gasteiger partial charge in [0, 0.05) is 33.7 Å². The van der Waals surface area contributed by atoms with Crippen molar-refractivity contribution in [2.24, 2.45) is 0 Å². The molecule has 0 radical (unpaired) electrons. The highest BCUT2D eigenvalue weighted by molar-refractivity contribution is 6.11. The van der Waals surface area contributed by atoms with Crippen LogP contribution in [0.25, 0.3) is 55.7 Å². The number of para-hydroxylation sites is 1. The van der Waals surface area contributed by atoms with Gasteiger partial charge in [-0.05, 0) is 73.4 Å². The van der Waals surface area contributed by atoms with Crippen LogP contribution in [0.15, 0.2) is 87.7 Å². The average molecular weight is 441 g/mol. The zero-order chi connectivity index (χ0) is 22.8. The first-order valence-electron chi connectivity index (χ1n) is 11.9. The van der Waals surface area contributed by atoms with E-state index in [1.807, 2.05) is 6.07 Å². The third-order valence-corrected chi connectivity index (χ3v) is 7.07. The predicted molar refractivity (Wildman–Crippen MR) is 141 cm³/mol. The van der Waals surface area contributed by atoms with Gasteiger partial charge < -0.3 is 8.83 Å². The molecule has 7 rings (SSSR count). The Morgan fingerprint density at radius 1 is 0.618 bits per heavy atom. The van der Waals surface area contributed by atoms with Crippen LogP contribution in [0.5, 0.6) is 0 Å². The van der Waals surface area contributed by atoms with Gasteiger partial charge in [0.05, 0.1) is 0 Å². The molecule has 1 aliphatic carbocycles. The first-order chi connectivity index (χ1) is 16.6. The Morgan fingerprint density at radius 3 is 2.38 bits per heavy atom. The third-order valence-electron chi connectivity index (χ3n) is 7.07. The number of aryl methyl sites for hydroxylation is 3. The first kappa shape index (κ1) is 19.4. The van der Waals surface area contributed by atoms with Crippen molar-refractivity contribution < 1.29 is 8.83 Å². The van der Waals surface area contributed by atoms with Crippen LogP contribution in [-0.4, -0.2) is 0 Å². The minimum Gasteiger partial charge on any atom is -0.460 e. The maximum absolute atomic E-state index is 6.46. The molecule has 0 unspecified atom stereocenters. The number of hydrogen-bond donors (Lipinski definition) is 0. The summed E-state index contributed by atoms with van der Waals surface area (Å²) in [6, 6.07) is 28.1. The summed E-state index contributed by atoms with van der Waals surface area (Å²) in [6.07, 6.45) is 4.15. The quantitative estimate of drug-likeness (QED) is 0.268. The van der Waals surface area contributed by atoms with Gasteiger partial charge in [-0.15, -0.1) is 0 Å². The van der Waals surface area contributed by atoms with Crippen LogP contribution >= 0.6 is 0 Å². The molecule has 4 aromatic carbocycles. The summed E-state index contributed by atoms with van der Waals surface area (Å²) in [6.45, 7) is 4.28. The molecule has 2 nitrogen and oxygen atoms in total. The zero-order valence-electron chi connectivity index (χ0n) is 19.3. The van der Waals surface area contributed by atoms with Gasteiger partial charge in [0.2, 0.25) is 0 Å². The monoisotopic (exact) mass is 440 g/mol. The fourth-order valence-corrected chi connectivity index (χ4v) is 5.39. The molecule has 2 aromatic heterocycles. The van der Waals surface area contributed by atoms with E-state index in [9.17, 15) is 0 Å². The molecule has 0 saturated carbocycles. The maximum atomic E-state index is 6.46. The summed E-state index contributed by atoms with van der Waals surface area (Å²) in [5.74, 6) is 1.08. The highest BCUT2D eigenvalue weighted by Crippen LogP contribution is 2.42. The fraction of sp³-hybridized carbons (Fsp3) is 0.125. The van der Waals surface area contributed by atoms with Gasteiger partial charge in [0.15, 0.2) is 0 Å². The van der Waals surface area contributed by atoms with Gasteiger partial charge in [-0.3, -0.25) is 0 Å². The number of allylic oxidation sites excluding steroid dienone is 1. The van der Waals surface area contributed by atoms with Crippen molar-refractivity contribution in [3.63, 3.8) is 0 Å². The van der Waals surface area contributed by atoms with Crippen molar-refractivity contribution in [3.8, 4) is 11.1 Å². The van der Waals surface area contributed by atoms with Crippen LogP contribution < -0.4 is 0 Å². The molecule has 2 heterocycles. The zero-order valence-corrected chi connectivity index (χ0v) is 19.3. The Bertz CT molecular complexity index is 1770. The van der Waals surface area contributed by atoms with Crippen LogP contribution in [0.4, 0.5) is 0 Å². The number of fused-ring (bicyclic) bond motifs is 6.